The van der Waals surface area contributed by atoms with E-state index in [1.165, 1.54) is 18.3 Å². The summed E-state index contributed by atoms with van der Waals surface area (Å²) in [6.07, 6.45) is -3.28. The van der Waals surface area contributed by atoms with Crippen molar-refractivity contribution in [3.63, 3.8) is 0 Å². The number of aromatic nitrogens is 1. The summed E-state index contributed by atoms with van der Waals surface area (Å²) in [6.45, 7) is 5.18. The summed E-state index contributed by atoms with van der Waals surface area (Å²) in [5.74, 6) is -0.651. The van der Waals surface area contributed by atoms with E-state index < -0.39 is 18.7 Å². The first kappa shape index (κ1) is 22.2. The number of alkyl halides is 3. The second-order valence-corrected chi connectivity index (χ2v) is 7.26. The summed E-state index contributed by atoms with van der Waals surface area (Å²) in [5.41, 5.74) is 1.62. The smallest absolute Gasteiger partial charge is 0.422 e. The van der Waals surface area contributed by atoms with Crippen LogP contribution in [0.25, 0.3) is 0 Å². The number of likely N-dealkylation sites (N-methyl/N-ethyl adjacent to an activating group) is 1. The Labute approximate surface area is 177 Å². The van der Waals surface area contributed by atoms with Crippen molar-refractivity contribution in [2.75, 3.05) is 49.5 Å². The Balaban J connectivity index is 1.70. The van der Waals surface area contributed by atoms with Gasteiger partial charge in [0.2, 0.25) is 5.88 Å². The first-order chi connectivity index (χ1) is 14.2. The molecule has 0 bridgehead atoms. The molecular weight excluding hydrogens is 421 g/mol. The van der Waals surface area contributed by atoms with Crippen LogP contribution in [0.15, 0.2) is 36.5 Å². The van der Waals surface area contributed by atoms with Gasteiger partial charge < -0.3 is 19.9 Å². The van der Waals surface area contributed by atoms with Crippen LogP contribution in [-0.2, 0) is 0 Å². The van der Waals surface area contributed by atoms with Crippen LogP contribution >= 0.6 is 11.6 Å². The van der Waals surface area contributed by atoms with Gasteiger partial charge in [-0.3, -0.25) is 4.79 Å². The maximum Gasteiger partial charge on any atom is 0.422 e. The Bertz CT molecular complexity index is 869. The molecule has 0 spiro atoms. The zero-order valence-corrected chi connectivity index (χ0v) is 17.1. The van der Waals surface area contributed by atoms with Crippen molar-refractivity contribution in [2.45, 2.75) is 13.1 Å². The SMILES string of the molecule is CCN1CCN(c2ccc(Cl)cc2NC(=O)c2ccc(OCC(F)(F)F)nc2)CC1. The van der Waals surface area contributed by atoms with E-state index in [2.05, 4.69) is 31.8 Å². The maximum absolute atomic E-state index is 12.6. The van der Waals surface area contributed by atoms with E-state index in [9.17, 15) is 18.0 Å². The monoisotopic (exact) mass is 442 g/mol. The van der Waals surface area contributed by atoms with Crippen LogP contribution in [0.5, 0.6) is 5.88 Å². The Morgan fingerprint density at radius 3 is 2.53 bits per heavy atom. The summed E-state index contributed by atoms with van der Waals surface area (Å²) >= 11 is 6.12. The van der Waals surface area contributed by atoms with E-state index in [4.69, 9.17) is 11.6 Å². The van der Waals surface area contributed by atoms with Gasteiger partial charge in [0.1, 0.15) is 0 Å². The topological polar surface area (TPSA) is 57.7 Å². The van der Waals surface area contributed by atoms with Crippen molar-refractivity contribution in [1.29, 1.82) is 0 Å². The third-order valence-corrected chi connectivity index (χ3v) is 4.98. The van der Waals surface area contributed by atoms with Crippen molar-refractivity contribution in [2.24, 2.45) is 0 Å². The number of carbonyl (C=O) groups excluding carboxylic acids is 1. The Morgan fingerprint density at radius 2 is 1.93 bits per heavy atom. The number of anilines is 2. The second kappa shape index (κ2) is 9.53. The highest BCUT2D eigenvalue weighted by Crippen LogP contribution is 2.30. The Hall–Kier alpha value is -2.52. The molecule has 0 atom stereocenters. The predicted molar refractivity (Wildman–Crippen MR) is 110 cm³/mol. The van der Waals surface area contributed by atoms with Crippen LogP contribution in [0.2, 0.25) is 5.02 Å². The summed E-state index contributed by atoms with van der Waals surface area (Å²) in [5, 5.41) is 3.31. The van der Waals surface area contributed by atoms with E-state index >= 15 is 0 Å². The van der Waals surface area contributed by atoms with Gasteiger partial charge >= 0.3 is 6.18 Å². The molecule has 1 N–H and O–H groups in total. The highest BCUT2D eigenvalue weighted by molar-refractivity contribution is 6.31. The molecule has 0 radical (unpaired) electrons. The summed E-state index contributed by atoms with van der Waals surface area (Å²) in [6, 6.07) is 7.90. The molecule has 6 nitrogen and oxygen atoms in total. The van der Waals surface area contributed by atoms with Crippen molar-refractivity contribution in [3.05, 3.63) is 47.1 Å². The number of pyridine rings is 1. The number of ether oxygens (including phenoxy) is 1. The first-order valence-corrected chi connectivity index (χ1v) is 9.87. The van der Waals surface area contributed by atoms with Crippen molar-refractivity contribution < 1.29 is 22.7 Å². The van der Waals surface area contributed by atoms with Crippen molar-refractivity contribution >= 4 is 28.9 Å². The number of nitrogens with one attached hydrogen (secondary N) is 1. The van der Waals surface area contributed by atoms with Gasteiger partial charge in [0.05, 0.1) is 16.9 Å². The van der Waals surface area contributed by atoms with Crippen LogP contribution in [0.3, 0.4) is 0 Å². The second-order valence-electron chi connectivity index (χ2n) is 6.83. The molecule has 2 heterocycles. The third-order valence-electron chi connectivity index (χ3n) is 4.75. The minimum absolute atomic E-state index is 0.191. The zero-order chi connectivity index (χ0) is 21.7. The minimum Gasteiger partial charge on any atom is -0.468 e. The molecule has 1 saturated heterocycles. The van der Waals surface area contributed by atoms with E-state index in [1.54, 1.807) is 12.1 Å². The molecule has 1 aromatic heterocycles. The van der Waals surface area contributed by atoms with Crippen molar-refractivity contribution in [3.8, 4) is 5.88 Å². The molecule has 30 heavy (non-hydrogen) atoms. The predicted octanol–water partition coefficient (Wildman–Crippen LogP) is 4.07. The Kier molecular flexibility index (Phi) is 7.04. The van der Waals surface area contributed by atoms with Gasteiger partial charge in [0.15, 0.2) is 6.61 Å². The van der Waals surface area contributed by atoms with Gasteiger partial charge in [0, 0.05) is 43.5 Å². The maximum atomic E-state index is 12.6. The van der Waals surface area contributed by atoms with Gasteiger partial charge in [-0.2, -0.15) is 13.2 Å². The number of hydrogen-bond acceptors (Lipinski definition) is 5. The molecule has 0 saturated carbocycles. The molecule has 1 fully saturated rings. The number of piperazine rings is 1. The molecule has 10 heteroatoms. The molecule has 3 rings (SSSR count). The number of nitrogens with zero attached hydrogens (tertiary/aromatic N) is 3. The summed E-state index contributed by atoms with van der Waals surface area (Å²) < 4.78 is 41.2. The lowest BCUT2D eigenvalue weighted by molar-refractivity contribution is -0.154. The lowest BCUT2D eigenvalue weighted by Gasteiger charge is -2.36. The summed E-state index contributed by atoms with van der Waals surface area (Å²) in [4.78, 5) is 20.9. The van der Waals surface area contributed by atoms with Crippen LogP contribution in [-0.4, -0.2) is 61.3 Å². The van der Waals surface area contributed by atoms with Gasteiger partial charge in [0.25, 0.3) is 5.91 Å². The van der Waals surface area contributed by atoms with Crippen molar-refractivity contribution in [1.82, 2.24) is 9.88 Å². The lowest BCUT2D eigenvalue weighted by Crippen LogP contribution is -2.46. The van der Waals surface area contributed by atoms with Crippen LogP contribution < -0.4 is 15.0 Å². The molecule has 0 aliphatic carbocycles. The average Bonchev–Trinajstić information content (AvgIpc) is 2.72. The lowest BCUT2D eigenvalue weighted by atomic mass is 10.2. The minimum atomic E-state index is -4.46. The highest BCUT2D eigenvalue weighted by atomic mass is 35.5. The highest BCUT2D eigenvalue weighted by Gasteiger charge is 2.28. The van der Waals surface area contributed by atoms with Gasteiger partial charge in [-0.05, 0) is 30.8 Å². The van der Waals surface area contributed by atoms with E-state index in [0.29, 0.717) is 10.7 Å². The zero-order valence-electron chi connectivity index (χ0n) is 16.4. The standard InChI is InChI=1S/C20H22ClF3N4O2/c1-2-27-7-9-28(10-8-27)17-5-4-15(21)11-16(17)26-19(29)14-3-6-18(25-12-14)30-13-20(22,23)24/h3-6,11-12H,2,7-10,13H2,1H3,(H,26,29). The molecule has 2 aromatic rings. The molecule has 1 amide bonds. The molecule has 1 aromatic carbocycles. The average molecular weight is 443 g/mol. The number of benzene rings is 1. The number of halogens is 4. The van der Waals surface area contributed by atoms with Crippen LogP contribution in [0.1, 0.15) is 17.3 Å². The normalized spacial score (nSPS) is 15.2. The largest absolute Gasteiger partial charge is 0.468 e. The Morgan fingerprint density at radius 1 is 1.20 bits per heavy atom. The fraction of sp³-hybridized carbons (Fsp3) is 0.400. The molecule has 1 aliphatic heterocycles. The molecule has 1 aliphatic rings. The quantitative estimate of drug-likeness (QED) is 0.730. The van der Waals surface area contributed by atoms with Crippen LogP contribution in [0.4, 0.5) is 24.5 Å². The fourth-order valence-electron chi connectivity index (χ4n) is 3.14. The van der Waals surface area contributed by atoms with Crippen LogP contribution in [0, 0.1) is 0 Å². The first-order valence-electron chi connectivity index (χ1n) is 9.49. The number of amides is 1. The summed E-state index contributed by atoms with van der Waals surface area (Å²) in [7, 11) is 0. The molecule has 0 unspecified atom stereocenters. The molecular formula is C20H22ClF3N4O2. The number of rotatable bonds is 6. The third kappa shape index (κ3) is 5.99. The number of carbonyl (C=O) groups is 1. The van der Waals surface area contributed by atoms with E-state index in [-0.39, 0.29) is 11.4 Å². The van der Waals surface area contributed by atoms with E-state index in [1.807, 2.05) is 6.07 Å². The molecule has 162 valence electrons. The number of hydrogen-bond donors (Lipinski definition) is 1. The fourth-order valence-corrected chi connectivity index (χ4v) is 3.31. The van der Waals surface area contributed by atoms with Gasteiger partial charge in [-0.25, -0.2) is 4.98 Å². The van der Waals surface area contributed by atoms with Gasteiger partial charge in [-0.1, -0.05) is 18.5 Å². The van der Waals surface area contributed by atoms with Gasteiger partial charge in [-0.15, -0.1) is 0 Å². The van der Waals surface area contributed by atoms with E-state index in [0.717, 1.165) is 38.4 Å².